The molecule has 180 valence electrons. The van der Waals surface area contributed by atoms with Crippen LogP contribution in [0.3, 0.4) is 0 Å². The minimum atomic E-state index is 0.708. The highest BCUT2D eigenvalue weighted by molar-refractivity contribution is 5.95. The summed E-state index contributed by atoms with van der Waals surface area (Å²) >= 11 is 0. The van der Waals surface area contributed by atoms with Crippen molar-refractivity contribution in [3.05, 3.63) is 66.8 Å². The van der Waals surface area contributed by atoms with E-state index >= 15 is 0 Å². The molecule has 0 bridgehead atoms. The number of hydrogen-bond acceptors (Lipinski definition) is 7. The quantitative estimate of drug-likeness (QED) is 0.439. The van der Waals surface area contributed by atoms with Gasteiger partial charge >= 0.3 is 0 Å². The predicted octanol–water partition coefficient (Wildman–Crippen LogP) is 4.23. The maximum Gasteiger partial charge on any atom is 0.135 e. The van der Waals surface area contributed by atoms with Gasteiger partial charge < -0.3 is 20.0 Å². The second kappa shape index (κ2) is 9.38. The Labute approximate surface area is 206 Å². The van der Waals surface area contributed by atoms with E-state index in [9.17, 15) is 0 Å². The highest BCUT2D eigenvalue weighted by Gasteiger charge is 2.19. The summed E-state index contributed by atoms with van der Waals surface area (Å²) in [5.74, 6) is 0.807. The van der Waals surface area contributed by atoms with Gasteiger partial charge in [-0.15, -0.1) is 0 Å². The van der Waals surface area contributed by atoms with E-state index < -0.39 is 0 Å². The van der Waals surface area contributed by atoms with E-state index in [4.69, 9.17) is 0 Å². The van der Waals surface area contributed by atoms with Crippen LogP contribution in [-0.4, -0.2) is 72.4 Å². The molecule has 35 heavy (non-hydrogen) atoms. The summed E-state index contributed by atoms with van der Waals surface area (Å²) in [6.07, 6.45) is 5.61. The van der Waals surface area contributed by atoms with E-state index in [0.717, 1.165) is 71.0 Å². The molecule has 0 radical (unpaired) electrons. The minimum Gasteiger partial charge on any atom is -0.376 e. The number of anilines is 3. The summed E-state index contributed by atoms with van der Waals surface area (Å²) in [6.45, 7) is 10.6. The SMILES string of the molecule is C=C(Nc1nccc(N2CCN(C)CC2)c1C)c1n[nH]c2ccc(-c3cncc(N(C)C)c3)cc12. The van der Waals surface area contributed by atoms with Gasteiger partial charge in [-0.3, -0.25) is 10.1 Å². The second-order valence-corrected chi connectivity index (χ2v) is 9.36. The third-order valence-corrected chi connectivity index (χ3v) is 6.71. The van der Waals surface area contributed by atoms with Gasteiger partial charge in [0.15, 0.2) is 0 Å². The number of pyridine rings is 2. The van der Waals surface area contributed by atoms with E-state index in [1.165, 1.54) is 5.69 Å². The predicted molar refractivity (Wildman–Crippen MR) is 145 cm³/mol. The van der Waals surface area contributed by atoms with Gasteiger partial charge in [0.1, 0.15) is 11.5 Å². The lowest BCUT2D eigenvalue weighted by Gasteiger charge is -2.35. The number of fused-ring (bicyclic) bond motifs is 1. The van der Waals surface area contributed by atoms with E-state index in [0.29, 0.717) is 5.70 Å². The Hall–Kier alpha value is -3.91. The van der Waals surface area contributed by atoms with Crippen molar-refractivity contribution in [1.82, 2.24) is 25.1 Å². The first-order valence-electron chi connectivity index (χ1n) is 11.9. The van der Waals surface area contributed by atoms with E-state index in [2.05, 4.69) is 85.0 Å². The number of likely N-dealkylation sites (N-methyl/N-ethyl adjacent to an activating group) is 1. The first-order valence-corrected chi connectivity index (χ1v) is 11.9. The molecule has 1 aliphatic rings. The minimum absolute atomic E-state index is 0.708. The molecule has 0 saturated carbocycles. The molecule has 0 aliphatic carbocycles. The van der Waals surface area contributed by atoms with Gasteiger partial charge in [0.05, 0.1) is 23.1 Å². The molecule has 5 rings (SSSR count). The molecule has 8 heteroatoms. The second-order valence-electron chi connectivity index (χ2n) is 9.36. The first-order chi connectivity index (χ1) is 16.9. The van der Waals surface area contributed by atoms with Gasteiger partial charge in [0, 0.05) is 74.9 Å². The van der Waals surface area contributed by atoms with Crippen LogP contribution in [0.1, 0.15) is 11.3 Å². The molecule has 1 aliphatic heterocycles. The Kier molecular flexibility index (Phi) is 6.13. The van der Waals surface area contributed by atoms with Crippen molar-refractivity contribution >= 4 is 33.8 Å². The lowest BCUT2D eigenvalue weighted by Crippen LogP contribution is -2.44. The molecule has 0 unspecified atom stereocenters. The zero-order chi connectivity index (χ0) is 24.5. The van der Waals surface area contributed by atoms with Gasteiger partial charge in [-0.05, 0) is 43.8 Å². The Bertz CT molecular complexity index is 1360. The number of piperazine rings is 1. The number of aromatic amines is 1. The van der Waals surface area contributed by atoms with E-state index in [1.54, 1.807) is 0 Å². The van der Waals surface area contributed by atoms with Gasteiger partial charge in [-0.25, -0.2) is 4.98 Å². The summed E-state index contributed by atoms with van der Waals surface area (Å²) in [5.41, 5.74) is 7.97. The molecule has 0 amide bonds. The summed E-state index contributed by atoms with van der Waals surface area (Å²) < 4.78 is 0. The molecule has 3 aromatic heterocycles. The fourth-order valence-corrected chi connectivity index (χ4v) is 4.50. The zero-order valence-corrected chi connectivity index (χ0v) is 20.8. The van der Waals surface area contributed by atoms with Crippen LogP contribution in [0, 0.1) is 6.92 Å². The number of nitrogens with one attached hydrogen (secondary N) is 2. The summed E-state index contributed by atoms with van der Waals surface area (Å²) in [6, 6.07) is 10.5. The van der Waals surface area contributed by atoms with Crippen LogP contribution in [0.2, 0.25) is 0 Å². The standard InChI is InChI=1S/C27H32N8/c1-18-25(35-12-10-34(5)11-13-35)8-9-29-27(18)30-19(2)26-23-15-20(6-7-24(23)31-32-26)21-14-22(33(3)4)17-28-16-21/h6-9,14-17H,2,10-13H2,1,3-5H3,(H,29,30)(H,31,32). The molecular weight excluding hydrogens is 436 g/mol. The van der Waals surface area contributed by atoms with E-state index in [-0.39, 0.29) is 0 Å². The number of benzene rings is 1. The lowest BCUT2D eigenvalue weighted by molar-refractivity contribution is 0.312. The van der Waals surface area contributed by atoms with Crippen LogP contribution in [0.4, 0.5) is 17.2 Å². The molecule has 1 saturated heterocycles. The fraction of sp³-hybridized carbons (Fsp3) is 0.296. The van der Waals surface area contributed by atoms with Crippen molar-refractivity contribution < 1.29 is 0 Å². The number of nitrogens with zero attached hydrogens (tertiary/aromatic N) is 6. The topological polar surface area (TPSA) is 76.2 Å². The van der Waals surface area contributed by atoms with Gasteiger partial charge in [-0.2, -0.15) is 5.10 Å². The molecule has 1 fully saturated rings. The van der Waals surface area contributed by atoms with Crippen molar-refractivity contribution in [2.24, 2.45) is 0 Å². The molecule has 4 heterocycles. The van der Waals surface area contributed by atoms with Crippen LogP contribution in [-0.2, 0) is 0 Å². The third kappa shape index (κ3) is 4.57. The van der Waals surface area contributed by atoms with Crippen molar-refractivity contribution in [1.29, 1.82) is 0 Å². The van der Waals surface area contributed by atoms with Crippen molar-refractivity contribution in [2.75, 3.05) is 62.4 Å². The normalized spacial score (nSPS) is 14.3. The largest absolute Gasteiger partial charge is 0.376 e. The average molecular weight is 469 g/mol. The maximum atomic E-state index is 4.61. The fourth-order valence-electron chi connectivity index (χ4n) is 4.50. The number of rotatable bonds is 6. The highest BCUT2D eigenvalue weighted by Crippen LogP contribution is 2.31. The Balaban J connectivity index is 1.42. The van der Waals surface area contributed by atoms with Gasteiger partial charge in [-0.1, -0.05) is 12.6 Å². The van der Waals surface area contributed by atoms with E-state index in [1.807, 2.05) is 38.8 Å². The molecule has 0 atom stereocenters. The monoisotopic (exact) mass is 468 g/mol. The van der Waals surface area contributed by atoms with Crippen molar-refractivity contribution in [3.8, 4) is 11.1 Å². The summed E-state index contributed by atoms with van der Waals surface area (Å²) in [4.78, 5) is 15.9. The van der Waals surface area contributed by atoms with Crippen LogP contribution >= 0.6 is 0 Å². The number of H-pyrrole nitrogens is 1. The first kappa shape index (κ1) is 22.9. The zero-order valence-electron chi connectivity index (χ0n) is 20.8. The molecular formula is C27H32N8. The molecule has 0 spiro atoms. The number of aromatic nitrogens is 4. The Morgan fingerprint density at radius 2 is 1.86 bits per heavy atom. The van der Waals surface area contributed by atoms with Crippen LogP contribution in [0.25, 0.3) is 27.7 Å². The van der Waals surface area contributed by atoms with Crippen molar-refractivity contribution in [2.45, 2.75) is 6.92 Å². The van der Waals surface area contributed by atoms with Crippen LogP contribution < -0.4 is 15.1 Å². The maximum absolute atomic E-state index is 4.61. The lowest BCUT2D eigenvalue weighted by atomic mass is 10.0. The molecule has 4 aromatic rings. The van der Waals surface area contributed by atoms with Crippen LogP contribution in [0.5, 0.6) is 0 Å². The Morgan fingerprint density at radius 3 is 2.63 bits per heavy atom. The van der Waals surface area contributed by atoms with Gasteiger partial charge in [0.2, 0.25) is 0 Å². The third-order valence-electron chi connectivity index (χ3n) is 6.71. The summed E-state index contributed by atoms with van der Waals surface area (Å²) in [7, 11) is 6.20. The highest BCUT2D eigenvalue weighted by atomic mass is 15.3. The smallest absolute Gasteiger partial charge is 0.135 e. The summed E-state index contributed by atoms with van der Waals surface area (Å²) in [5, 5.41) is 12.1. The van der Waals surface area contributed by atoms with Crippen molar-refractivity contribution in [3.63, 3.8) is 0 Å². The Morgan fingerprint density at radius 1 is 1.06 bits per heavy atom. The molecule has 1 aromatic carbocycles. The van der Waals surface area contributed by atoms with Gasteiger partial charge in [0.25, 0.3) is 0 Å². The molecule has 8 nitrogen and oxygen atoms in total. The van der Waals surface area contributed by atoms with Crippen LogP contribution in [0.15, 0.2) is 55.5 Å². The molecule has 2 N–H and O–H groups in total. The average Bonchev–Trinajstić information content (AvgIpc) is 3.29. The number of hydrogen-bond donors (Lipinski definition) is 2.